The van der Waals surface area contributed by atoms with Crippen molar-refractivity contribution in [2.45, 2.75) is 45.7 Å². The van der Waals surface area contributed by atoms with Crippen LogP contribution < -0.4 is 9.62 Å². The number of halogens is 2. The van der Waals surface area contributed by atoms with Gasteiger partial charge in [-0.3, -0.25) is 9.10 Å². The lowest BCUT2D eigenvalue weighted by Gasteiger charge is -2.29. The Morgan fingerprint density at radius 3 is 2.35 bits per heavy atom. The molecule has 0 aliphatic carbocycles. The highest BCUT2D eigenvalue weighted by atomic mass is 32.2. The summed E-state index contributed by atoms with van der Waals surface area (Å²) in [4.78, 5) is 12.3. The third-order valence-electron chi connectivity index (χ3n) is 3.36. The Hall–Kier alpha value is -1.70. The number of hydrogen-bond acceptors (Lipinski definition) is 3. The minimum atomic E-state index is -3.86. The Morgan fingerprint density at radius 2 is 1.87 bits per heavy atom. The van der Waals surface area contributed by atoms with Crippen LogP contribution in [0.5, 0.6) is 0 Å². The van der Waals surface area contributed by atoms with Crippen LogP contribution in [0, 0.1) is 11.6 Å². The van der Waals surface area contributed by atoms with E-state index in [0.29, 0.717) is 0 Å². The molecule has 23 heavy (non-hydrogen) atoms. The number of rotatable bonds is 7. The molecule has 130 valence electrons. The van der Waals surface area contributed by atoms with Crippen molar-refractivity contribution in [3.63, 3.8) is 0 Å². The monoisotopic (exact) mass is 348 g/mol. The maximum absolute atomic E-state index is 13.4. The fourth-order valence-corrected chi connectivity index (χ4v) is 3.47. The first kappa shape index (κ1) is 19.3. The molecule has 0 aliphatic rings. The van der Waals surface area contributed by atoms with E-state index < -0.39 is 33.6 Å². The summed E-state index contributed by atoms with van der Waals surface area (Å²) in [6, 6.07) is 1.51. The molecule has 0 unspecified atom stereocenters. The minimum absolute atomic E-state index is 0.0998. The number of carbonyl (C=O) groups is 1. The summed E-state index contributed by atoms with van der Waals surface area (Å²) in [7, 11) is -3.86. The quantitative estimate of drug-likeness (QED) is 0.823. The van der Waals surface area contributed by atoms with Gasteiger partial charge in [0.15, 0.2) is 11.6 Å². The molecular formula is C15H22F2N2O3S. The predicted molar refractivity (Wildman–Crippen MR) is 85.7 cm³/mol. The molecule has 0 radical (unpaired) electrons. The second-order valence-electron chi connectivity index (χ2n) is 5.53. The first-order chi connectivity index (χ1) is 10.6. The third kappa shape index (κ3) is 5.16. The zero-order valence-electron chi connectivity index (χ0n) is 13.6. The van der Waals surface area contributed by atoms with Crippen LogP contribution >= 0.6 is 0 Å². The van der Waals surface area contributed by atoms with Crippen LogP contribution in [0.25, 0.3) is 0 Å². The van der Waals surface area contributed by atoms with Crippen molar-refractivity contribution in [2.75, 3.05) is 10.6 Å². The molecule has 1 N–H and O–H groups in total. The summed E-state index contributed by atoms with van der Waals surface area (Å²) >= 11 is 0. The van der Waals surface area contributed by atoms with E-state index in [2.05, 4.69) is 5.32 Å². The standard InChI is InChI=1S/C15H22F2N2O3S/c1-5-6-10(2)18-15(20)11(3)19(23(4,21)22)12-7-8-13(16)14(17)9-12/h7-11H,5-6H2,1-4H3,(H,18,20)/t10-,11+/m1/s1. The molecule has 0 saturated heterocycles. The molecule has 5 nitrogen and oxygen atoms in total. The molecule has 0 saturated carbocycles. The second-order valence-corrected chi connectivity index (χ2v) is 7.39. The molecule has 0 aromatic heterocycles. The molecule has 0 fully saturated rings. The Kier molecular flexibility index (Phi) is 6.49. The normalized spacial score (nSPS) is 14.2. The SMILES string of the molecule is CCC[C@@H](C)NC(=O)[C@H](C)N(c1ccc(F)c(F)c1)S(C)(=O)=O. The van der Waals surface area contributed by atoms with Crippen LogP contribution in [-0.4, -0.2) is 32.7 Å². The summed E-state index contributed by atoms with van der Waals surface area (Å²) in [5.74, 6) is -2.76. The topological polar surface area (TPSA) is 66.5 Å². The third-order valence-corrected chi connectivity index (χ3v) is 4.60. The Labute approximate surface area is 135 Å². The molecule has 1 aromatic carbocycles. The Bertz CT molecular complexity index is 665. The van der Waals surface area contributed by atoms with Crippen LogP contribution in [0.3, 0.4) is 0 Å². The fourth-order valence-electron chi connectivity index (χ4n) is 2.30. The van der Waals surface area contributed by atoms with Crippen molar-refractivity contribution in [1.82, 2.24) is 5.32 Å². The molecular weight excluding hydrogens is 326 g/mol. The van der Waals surface area contributed by atoms with E-state index in [1.165, 1.54) is 6.92 Å². The highest BCUT2D eigenvalue weighted by molar-refractivity contribution is 7.92. The van der Waals surface area contributed by atoms with E-state index in [-0.39, 0.29) is 11.7 Å². The molecule has 0 heterocycles. The van der Waals surface area contributed by atoms with Crippen LogP contribution in [0.15, 0.2) is 18.2 Å². The van der Waals surface area contributed by atoms with E-state index in [0.717, 1.165) is 41.6 Å². The van der Waals surface area contributed by atoms with Crippen molar-refractivity contribution in [3.05, 3.63) is 29.8 Å². The lowest BCUT2D eigenvalue weighted by Crippen LogP contribution is -2.49. The van der Waals surface area contributed by atoms with Crippen LogP contribution in [0.4, 0.5) is 14.5 Å². The van der Waals surface area contributed by atoms with Gasteiger partial charge in [0.25, 0.3) is 0 Å². The molecule has 2 atom stereocenters. The highest BCUT2D eigenvalue weighted by Crippen LogP contribution is 2.23. The highest BCUT2D eigenvalue weighted by Gasteiger charge is 2.30. The van der Waals surface area contributed by atoms with Gasteiger partial charge in [-0.1, -0.05) is 13.3 Å². The zero-order valence-corrected chi connectivity index (χ0v) is 14.5. The van der Waals surface area contributed by atoms with Crippen LogP contribution in [0.1, 0.15) is 33.6 Å². The van der Waals surface area contributed by atoms with Gasteiger partial charge >= 0.3 is 0 Å². The van der Waals surface area contributed by atoms with Gasteiger partial charge in [-0.15, -0.1) is 0 Å². The van der Waals surface area contributed by atoms with E-state index in [9.17, 15) is 22.0 Å². The van der Waals surface area contributed by atoms with E-state index in [1.807, 2.05) is 13.8 Å². The van der Waals surface area contributed by atoms with Gasteiger partial charge in [0.05, 0.1) is 11.9 Å². The van der Waals surface area contributed by atoms with Gasteiger partial charge in [0.1, 0.15) is 6.04 Å². The number of hydrogen-bond donors (Lipinski definition) is 1. The van der Waals surface area contributed by atoms with Gasteiger partial charge in [-0.25, -0.2) is 17.2 Å². The van der Waals surface area contributed by atoms with Gasteiger partial charge in [0, 0.05) is 12.1 Å². The van der Waals surface area contributed by atoms with E-state index in [4.69, 9.17) is 0 Å². The molecule has 0 aliphatic heterocycles. The summed E-state index contributed by atoms with van der Waals surface area (Å²) in [5, 5.41) is 2.72. The number of nitrogens with one attached hydrogen (secondary N) is 1. The predicted octanol–water partition coefficient (Wildman–Crippen LogP) is 2.42. The molecule has 8 heteroatoms. The first-order valence-corrected chi connectivity index (χ1v) is 9.17. The van der Waals surface area contributed by atoms with Crippen molar-refractivity contribution < 1.29 is 22.0 Å². The number of benzene rings is 1. The van der Waals surface area contributed by atoms with Gasteiger partial charge in [0.2, 0.25) is 15.9 Å². The number of carbonyl (C=O) groups excluding carboxylic acids is 1. The summed E-state index contributed by atoms with van der Waals surface area (Å²) in [5.41, 5.74) is -0.0998. The summed E-state index contributed by atoms with van der Waals surface area (Å²) in [6.07, 6.45) is 2.53. The molecule has 1 aromatic rings. The number of sulfonamides is 1. The minimum Gasteiger partial charge on any atom is -0.352 e. The first-order valence-electron chi connectivity index (χ1n) is 7.32. The average Bonchev–Trinajstić information content (AvgIpc) is 2.41. The van der Waals surface area contributed by atoms with Crippen molar-refractivity contribution in [2.24, 2.45) is 0 Å². The van der Waals surface area contributed by atoms with Gasteiger partial charge in [-0.05, 0) is 32.4 Å². The smallest absolute Gasteiger partial charge is 0.243 e. The number of nitrogens with zero attached hydrogens (tertiary/aromatic N) is 1. The largest absolute Gasteiger partial charge is 0.352 e. The maximum Gasteiger partial charge on any atom is 0.243 e. The van der Waals surface area contributed by atoms with Gasteiger partial charge < -0.3 is 5.32 Å². The second kappa shape index (κ2) is 7.72. The lowest BCUT2D eigenvalue weighted by molar-refractivity contribution is -0.122. The van der Waals surface area contributed by atoms with Crippen molar-refractivity contribution in [3.8, 4) is 0 Å². The number of anilines is 1. The lowest BCUT2D eigenvalue weighted by atomic mass is 10.2. The van der Waals surface area contributed by atoms with Crippen molar-refractivity contribution >= 4 is 21.6 Å². The molecule has 0 bridgehead atoms. The van der Waals surface area contributed by atoms with Gasteiger partial charge in [-0.2, -0.15) is 0 Å². The van der Waals surface area contributed by atoms with E-state index in [1.54, 1.807) is 0 Å². The van der Waals surface area contributed by atoms with Crippen LogP contribution in [0.2, 0.25) is 0 Å². The summed E-state index contributed by atoms with van der Waals surface area (Å²) < 4.78 is 51.3. The van der Waals surface area contributed by atoms with Crippen molar-refractivity contribution in [1.29, 1.82) is 0 Å². The molecule has 1 amide bonds. The Balaban J connectivity index is 3.12. The van der Waals surface area contributed by atoms with E-state index >= 15 is 0 Å². The maximum atomic E-state index is 13.4. The summed E-state index contributed by atoms with van der Waals surface area (Å²) in [6.45, 7) is 5.18. The molecule has 0 spiro atoms. The molecule has 1 rings (SSSR count). The number of amides is 1. The fraction of sp³-hybridized carbons (Fsp3) is 0.533. The Morgan fingerprint density at radius 1 is 1.26 bits per heavy atom. The van der Waals surface area contributed by atoms with Crippen LogP contribution in [-0.2, 0) is 14.8 Å². The average molecular weight is 348 g/mol. The zero-order chi connectivity index (χ0) is 17.8.